The van der Waals surface area contributed by atoms with E-state index in [0.717, 1.165) is 5.69 Å². The van der Waals surface area contributed by atoms with Crippen LogP contribution in [0.15, 0.2) is 48.7 Å². The van der Waals surface area contributed by atoms with Crippen LogP contribution in [-0.2, 0) is 0 Å². The molecule has 0 radical (unpaired) electrons. The van der Waals surface area contributed by atoms with Crippen LogP contribution in [0.5, 0.6) is 0 Å². The molecule has 1 nitrogen and oxygen atoms in total. The average molecular weight is 239 g/mol. The van der Waals surface area contributed by atoms with Gasteiger partial charge >= 0.3 is 0 Å². The van der Waals surface area contributed by atoms with Crippen molar-refractivity contribution in [1.29, 1.82) is 0 Å². The summed E-state index contributed by atoms with van der Waals surface area (Å²) in [5, 5.41) is 0. The molecule has 0 fully saturated rings. The van der Waals surface area contributed by atoms with E-state index in [1.165, 1.54) is 30.4 Å². The zero-order valence-electron chi connectivity index (χ0n) is 11.3. The molecule has 2 aromatic rings. The summed E-state index contributed by atoms with van der Waals surface area (Å²) in [6.07, 6.45) is 5.84. The fourth-order valence-electron chi connectivity index (χ4n) is 2.15. The molecule has 2 rings (SSSR count). The van der Waals surface area contributed by atoms with E-state index in [-0.39, 0.29) is 0 Å². The number of hydrogen-bond donors (Lipinski definition) is 0. The van der Waals surface area contributed by atoms with Crippen molar-refractivity contribution in [3.8, 4) is 11.3 Å². The molecule has 1 unspecified atom stereocenters. The molecule has 0 spiro atoms. The van der Waals surface area contributed by atoms with Crippen molar-refractivity contribution < 1.29 is 0 Å². The molecule has 0 aliphatic heterocycles. The van der Waals surface area contributed by atoms with Gasteiger partial charge in [0.15, 0.2) is 0 Å². The van der Waals surface area contributed by atoms with Crippen molar-refractivity contribution in [3.63, 3.8) is 0 Å². The van der Waals surface area contributed by atoms with Crippen LogP contribution in [-0.4, -0.2) is 4.98 Å². The monoisotopic (exact) mass is 239 g/mol. The minimum atomic E-state index is 0.613. The number of aromatic nitrogens is 1. The highest BCUT2D eigenvalue weighted by molar-refractivity contribution is 5.58. The fraction of sp³-hybridized carbons (Fsp3) is 0.353. The third kappa shape index (κ3) is 3.19. The Kier molecular flexibility index (Phi) is 4.52. The van der Waals surface area contributed by atoms with E-state index in [2.05, 4.69) is 55.2 Å². The Morgan fingerprint density at radius 2 is 1.83 bits per heavy atom. The maximum absolute atomic E-state index is 4.58. The molecule has 0 aliphatic rings. The molecule has 0 bridgehead atoms. The average Bonchev–Trinajstić information content (AvgIpc) is 2.46. The highest BCUT2D eigenvalue weighted by atomic mass is 14.7. The van der Waals surface area contributed by atoms with Gasteiger partial charge < -0.3 is 0 Å². The van der Waals surface area contributed by atoms with Crippen molar-refractivity contribution in [2.45, 2.75) is 39.0 Å². The molecular formula is C17H21N. The second-order valence-corrected chi connectivity index (χ2v) is 4.89. The summed E-state index contributed by atoms with van der Waals surface area (Å²) in [5.41, 5.74) is 3.59. The van der Waals surface area contributed by atoms with Crippen molar-refractivity contribution in [2.24, 2.45) is 0 Å². The predicted molar refractivity (Wildman–Crippen MR) is 77.6 cm³/mol. The van der Waals surface area contributed by atoms with Crippen LogP contribution in [0.25, 0.3) is 11.3 Å². The smallest absolute Gasteiger partial charge is 0.0702 e. The van der Waals surface area contributed by atoms with Crippen LogP contribution in [0.2, 0.25) is 0 Å². The predicted octanol–water partition coefficient (Wildman–Crippen LogP) is 5.04. The van der Waals surface area contributed by atoms with Gasteiger partial charge in [-0.15, -0.1) is 0 Å². The Bertz CT molecular complexity index is 459. The Balaban J connectivity index is 2.10. The summed E-state index contributed by atoms with van der Waals surface area (Å²) in [6.45, 7) is 4.53. The van der Waals surface area contributed by atoms with Crippen LogP contribution in [0, 0.1) is 0 Å². The Hall–Kier alpha value is -1.63. The van der Waals surface area contributed by atoms with E-state index in [9.17, 15) is 0 Å². The number of unbranched alkanes of at least 4 members (excludes halogenated alkanes) is 1. The first-order valence-electron chi connectivity index (χ1n) is 6.82. The minimum absolute atomic E-state index is 0.613. The lowest BCUT2D eigenvalue weighted by Crippen LogP contribution is -1.95. The van der Waals surface area contributed by atoms with Crippen LogP contribution in [0.4, 0.5) is 0 Å². The third-order valence-corrected chi connectivity index (χ3v) is 3.42. The van der Waals surface area contributed by atoms with Gasteiger partial charge in [-0.25, -0.2) is 0 Å². The van der Waals surface area contributed by atoms with Gasteiger partial charge in [0.05, 0.1) is 5.69 Å². The fourth-order valence-corrected chi connectivity index (χ4v) is 2.15. The van der Waals surface area contributed by atoms with Crippen molar-refractivity contribution >= 4 is 0 Å². The zero-order chi connectivity index (χ0) is 12.8. The van der Waals surface area contributed by atoms with Crippen molar-refractivity contribution in [3.05, 3.63) is 54.2 Å². The van der Waals surface area contributed by atoms with Gasteiger partial charge in [0.2, 0.25) is 0 Å². The van der Waals surface area contributed by atoms with Gasteiger partial charge in [-0.2, -0.15) is 0 Å². The Morgan fingerprint density at radius 1 is 1.06 bits per heavy atom. The lowest BCUT2D eigenvalue weighted by molar-refractivity contribution is 0.623. The van der Waals surface area contributed by atoms with Gasteiger partial charge in [-0.05, 0) is 24.0 Å². The van der Waals surface area contributed by atoms with Gasteiger partial charge in [0, 0.05) is 11.8 Å². The molecule has 1 atom stereocenters. The third-order valence-electron chi connectivity index (χ3n) is 3.42. The first kappa shape index (κ1) is 12.8. The zero-order valence-corrected chi connectivity index (χ0v) is 11.3. The number of pyridine rings is 1. The standard InChI is InChI=1S/C17H21N/c1-3-4-8-14(2)16-11-12-17(18-13-16)15-9-6-5-7-10-15/h5-7,9-14H,3-4,8H2,1-2H3. The van der Waals surface area contributed by atoms with Crippen LogP contribution < -0.4 is 0 Å². The summed E-state index contributed by atoms with van der Waals surface area (Å²) in [6, 6.07) is 14.7. The first-order chi connectivity index (χ1) is 8.81. The lowest BCUT2D eigenvalue weighted by Gasteiger charge is -2.11. The van der Waals surface area contributed by atoms with Crippen LogP contribution >= 0.6 is 0 Å². The SMILES string of the molecule is CCCCC(C)c1ccc(-c2ccccc2)nc1. The maximum atomic E-state index is 4.58. The molecule has 1 aromatic carbocycles. The topological polar surface area (TPSA) is 12.9 Å². The molecular weight excluding hydrogens is 218 g/mol. The van der Waals surface area contributed by atoms with E-state index >= 15 is 0 Å². The van der Waals surface area contributed by atoms with Gasteiger partial charge in [-0.1, -0.05) is 63.1 Å². The lowest BCUT2D eigenvalue weighted by atomic mass is 9.96. The molecule has 0 saturated heterocycles. The normalized spacial score (nSPS) is 12.3. The summed E-state index contributed by atoms with van der Waals surface area (Å²) >= 11 is 0. The largest absolute Gasteiger partial charge is 0.256 e. The van der Waals surface area contributed by atoms with Crippen LogP contribution in [0.1, 0.15) is 44.6 Å². The molecule has 94 valence electrons. The van der Waals surface area contributed by atoms with Crippen molar-refractivity contribution in [2.75, 3.05) is 0 Å². The second-order valence-electron chi connectivity index (χ2n) is 4.89. The summed E-state index contributed by atoms with van der Waals surface area (Å²) in [7, 11) is 0. The van der Waals surface area contributed by atoms with Gasteiger partial charge in [0.1, 0.15) is 0 Å². The van der Waals surface area contributed by atoms with Crippen LogP contribution in [0.3, 0.4) is 0 Å². The first-order valence-corrected chi connectivity index (χ1v) is 6.82. The summed E-state index contributed by atoms with van der Waals surface area (Å²) in [4.78, 5) is 4.58. The van der Waals surface area contributed by atoms with Gasteiger partial charge in [0.25, 0.3) is 0 Å². The van der Waals surface area contributed by atoms with E-state index in [0.29, 0.717) is 5.92 Å². The van der Waals surface area contributed by atoms with Crippen molar-refractivity contribution in [1.82, 2.24) is 4.98 Å². The molecule has 1 heteroatoms. The molecule has 0 saturated carbocycles. The Labute approximate surface area is 110 Å². The molecule has 1 heterocycles. The summed E-state index contributed by atoms with van der Waals surface area (Å²) in [5.74, 6) is 0.613. The quantitative estimate of drug-likeness (QED) is 0.712. The number of nitrogens with zero attached hydrogens (tertiary/aromatic N) is 1. The minimum Gasteiger partial charge on any atom is -0.256 e. The maximum Gasteiger partial charge on any atom is 0.0702 e. The highest BCUT2D eigenvalue weighted by Gasteiger charge is 2.06. The molecule has 0 aliphatic carbocycles. The Morgan fingerprint density at radius 3 is 2.44 bits per heavy atom. The molecule has 1 aromatic heterocycles. The number of hydrogen-bond acceptors (Lipinski definition) is 1. The second kappa shape index (κ2) is 6.34. The van der Waals surface area contributed by atoms with E-state index in [1.54, 1.807) is 0 Å². The van der Waals surface area contributed by atoms with E-state index in [1.807, 2.05) is 12.3 Å². The molecule has 18 heavy (non-hydrogen) atoms. The summed E-state index contributed by atoms with van der Waals surface area (Å²) < 4.78 is 0. The number of rotatable bonds is 5. The van der Waals surface area contributed by atoms with E-state index in [4.69, 9.17) is 0 Å². The molecule has 0 amide bonds. The van der Waals surface area contributed by atoms with Gasteiger partial charge in [-0.3, -0.25) is 4.98 Å². The molecule has 0 N–H and O–H groups in total. The van der Waals surface area contributed by atoms with E-state index < -0.39 is 0 Å². The number of benzene rings is 1. The highest BCUT2D eigenvalue weighted by Crippen LogP contribution is 2.23.